The lowest BCUT2D eigenvalue weighted by atomic mass is 9.99. The lowest BCUT2D eigenvalue weighted by Gasteiger charge is -2.29. The first-order valence-electron chi connectivity index (χ1n) is 5.21. The van der Waals surface area contributed by atoms with Crippen molar-refractivity contribution in [1.29, 1.82) is 0 Å². The van der Waals surface area contributed by atoms with Crippen molar-refractivity contribution in [1.82, 2.24) is 4.90 Å². The molecule has 3 nitrogen and oxygen atoms in total. The Morgan fingerprint density at radius 3 is 2.62 bits per heavy atom. The summed E-state index contributed by atoms with van der Waals surface area (Å²) in [4.78, 5) is 2.42. The average molecular weight is 186 g/mol. The fourth-order valence-electron chi connectivity index (χ4n) is 1.64. The second kappa shape index (κ2) is 6.35. The van der Waals surface area contributed by atoms with Crippen LogP contribution in [-0.4, -0.2) is 44.4 Å². The summed E-state index contributed by atoms with van der Waals surface area (Å²) in [7, 11) is 0. The van der Waals surface area contributed by atoms with Crippen LogP contribution in [0.5, 0.6) is 0 Å². The Hall–Kier alpha value is -0.120. The van der Waals surface area contributed by atoms with E-state index >= 15 is 0 Å². The third-order valence-corrected chi connectivity index (χ3v) is 2.66. The zero-order chi connectivity index (χ0) is 9.52. The Kier molecular flexibility index (Phi) is 5.35. The van der Waals surface area contributed by atoms with Gasteiger partial charge in [0.25, 0.3) is 0 Å². The van der Waals surface area contributed by atoms with Crippen molar-refractivity contribution in [2.75, 3.05) is 39.5 Å². The SMILES string of the molecule is CC1CCN(CCOCC[O-])CC1. The molecular weight excluding hydrogens is 166 g/mol. The summed E-state index contributed by atoms with van der Waals surface area (Å²) in [6, 6.07) is 0. The Labute approximate surface area is 80.7 Å². The molecule has 13 heavy (non-hydrogen) atoms. The zero-order valence-electron chi connectivity index (χ0n) is 8.50. The maximum absolute atomic E-state index is 10.1. The molecule has 1 rings (SSSR count). The van der Waals surface area contributed by atoms with Gasteiger partial charge in [-0.15, -0.1) is 6.61 Å². The number of ether oxygens (including phenoxy) is 1. The highest BCUT2D eigenvalue weighted by atomic mass is 16.5. The molecule has 0 amide bonds. The maximum Gasteiger partial charge on any atom is 0.0592 e. The van der Waals surface area contributed by atoms with E-state index in [2.05, 4.69) is 11.8 Å². The molecule has 0 aromatic carbocycles. The van der Waals surface area contributed by atoms with E-state index in [0.717, 1.165) is 19.1 Å². The molecule has 1 aliphatic rings. The highest BCUT2D eigenvalue weighted by molar-refractivity contribution is 4.68. The van der Waals surface area contributed by atoms with Crippen molar-refractivity contribution in [3.63, 3.8) is 0 Å². The third-order valence-electron chi connectivity index (χ3n) is 2.66. The Balaban J connectivity index is 1.96. The molecule has 0 aromatic heterocycles. The lowest BCUT2D eigenvalue weighted by molar-refractivity contribution is -0.374. The molecule has 1 aliphatic heterocycles. The van der Waals surface area contributed by atoms with Crippen LogP contribution in [0.25, 0.3) is 0 Å². The van der Waals surface area contributed by atoms with E-state index in [1.165, 1.54) is 25.9 Å². The summed E-state index contributed by atoms with van der Waals surface area (Å²) in [5.41, 5.74) is 0. The minimum Gasteiger partial charge on any atom is -0.853 e. The summed E-state index contributed by atoms with van der Waals surface area (Å²) in [6.07, 6.45) is 2.61. The number of hydrogen-bond donors (Lipinski definition) is 0. The summed E-state index contributed by atoms with van der Waals surface area (Å²) in [6.45, 7) is 6.67. The molecule has 1 saturated heterocycles. The van der Waals surface area contributed by atoms with Gasteiger partial charge in [0.1, 0.15) is 0 Å². The van der Waals surface area contributed by atoms with Gasteiger partial charge in [-0.1, -0.05) is 6.92 Å². The molecule has 0 radical (unpaired) electrons. The molecular formula is C10H20NO2-. The number of rotatable bonds is 5. The van der Waals surface area contributed by atoms with Gasteiger partial charge in [0.05, 0.1) is 6.61 Å². The molecule has 1 fully saturated rings. The summed E-state index contributed by atoms with van der Waals surface area (Å²) in [5, 5.41) is 10.1. The van der Waals surface area contributed by atoms with Crippen molar-refractivity contribution in [3.8, 4) is 0 Å². The topological polar surface area (TPSA) is 35.5 Å². The van der Waals surface area contributed by atoms with Crippen molar-refractivity contribution < 1.29 is 9.84 Å². The predicted molar refractivity (Wildman–Crippen MR) is 50.5 cm³/mol. The van der Waals surface area contributed by atoms with Crippen LogP contribution in [0.1, 0.15) is 19.8 Å². The average Bonchev–Trinajstić information content (AvgIpc) is 2.15. The van der Waals surface area contributed by atoms with E-state index in [-0.39, 0.29) is 6.61 Å². The van der Waals surface area contributed by atoms with Crippen LogP contribution < -0.4 is 5.11 Å². The highest BCUT2D eigenvalue weighted by Gasteiger charge is 2.14. The Morgan fingerprint density at radius 2 is 2.00 bits per heavy atom. The van der Waals surface area contributed by atoms with Crippen LogP contribution in [0.15, 0.2) is 0 Å². The van der Waals surface area contributed by atoms with Gasteiger partial charge in [-0.2, -0.15) is 0 Å². The van der Waals surface area contributed by atoms with Crippen molar-refractivity contribution in [2.24, 2.45) is 5.92 Å². The fourth-order valence-corrected chi connectivity index (χ4v) is 1.64. The molecule has 0 unspecified atom stereocenters. The van der Waals surface area contributed by atoms with Crippen LogP contribution in [0, 0.1) is 5.92 Å². The van der Waals surface area contributed by atoms with Crippen molar-refractivity contribution in [3.05, 3.63) is 0 Å². The molecule has 0 atom stereocenters. The van der Waals surface area contributed by atoms with E-state index in [1.54, 1.807) is 0 Å². The van der Waals surface area contributed by atoms with Gasteiger partial charge in [-0.05, 0) is 31.8 Å². The molecule has 0 spiro atoms. The highest BCUT2D eigenvalue weighted by Crippen LogP contribution is 2.15. The fraction of sp³-hybridized carbons (Fsp3) is 1.00. The largest absolute Gasteiger partial charge is 0.853 e. The number of hydrogen-bond acceptors (Lipinski definition) is 3. The zero-order valence-corrected chi connectivity index (χ0v) is 8.50. The Bertz CT molecular complexity index is 122. The Morgan fingerprint density at radius 1 is 1.31 bits per heavy atom. The quantitative estimate of drug-likeness (QED) is 0.571. The standard InChI is InChI=1S/C10H20NO2/c1-10-2-4-11(5-3-10)6-8-13-9-7-12/h10H,2-9H2,1H3/q-1. The van der Waals surface area contributed by atoms with E-state index in [1.807, 2.05) is 0 Å². The monoisotopic (exact) mass is 186 g/mol. The van der Waals surface area contributed by atoms with Crippen molar-refractivity contribution >= 4 is 0 Å². The predicted octanol–water partition coefficient (Wildman–Crippen LogP) is 0.0952. The van der Waals surface area contributed by atoms with Gasteiger partial charge in [0.2, 0.25) is 0 Å². The number of likely N-dealkylation sites (tertiary alicyclic amines) is 1. The van der Waals surface area contributed by atoms with Crippen molar-refractivity contribution in [2.45, 2.75) is 19.8 Å². The van der Waals surface area contributed by atoms with Gasteiger partial charge in [-0.3, -0.25) is 0 Å². The molecule has 0 bridgehead atoms. The summed E-state index contributed by atoms with van der Waals surface area (Å²) >= 11 is 0. The summed E-state index contributed by atoms with van der Waals surface area (Å²) < 4.78 is 5.16. The smallest absolute Gasteiger partial charge is 0.0592 e. The van der Waals surface area contributed by atoms with Gasteiger partial charge < -0.3 is 14.7 Å². The minimum absolute atomic E-state index is 0.114. The second-order valence-electron chi connectivity index (χ2n) is 3.84. The first-order chi connectivity index (χ1) is 6.33. The minimum atomic E-state index is -0.114. The third kappa shape index (κ3) is 4.60. The van der Waals surface area contributed by atoms with Crippen LogP contribution >= 0.6 is 0 Å². The molecule has 0 aromatic rings. The van der Waals surface area contributed by atoms with Gasteiger partial charge in [-0.25, -0.2) is 0 Å². The van der Waals surface area contributed by atoms with Gasteiger partial charge >= 0.3 is 0 Å². The number of piperidine rings is 1. The molecule has 0 saturated carbocycles. The van der Waals surface area contributed by atoms with E-state index < -0.39 is 0 Å². The molecule has 78 valence electrons. The van der Waals surface area contributed by atoms with Gasteiger partial charge in [0.15, 0.2) is 0 Å². The summed E-state index contributed by atoms with van der Waals surface area (Å²) in [5.74, 6) is 0.888. The van der Waals surface area contributed by atoms with Crippen LogP contribution in [-0.2, 0) is 4.74 Å². The van der Waals surface area contributed by atoms with Crippen LogP contribution in [0.4, 0.5) is 0 Å². The molecule has 0 N–H and O–H groups in total. The normalized spacial score (nSPS) is 20.8. The van der Waals surface area contributed by atoms with E-state index in [0.29, 0.717) is 6.61 Å². The van der Waals surface area contributed by atoms with E-state index in [9.17, 15) is 5.11 Å². The van der Waals surface area contributed by atoms with Crippen LogP contribution in [0.3, 0.4) is 0 Å². The molecule has 1 heterocycles. The second-order valence-corrected chi connectivity index (χ2v) is 3.84. The lowest BCUT2D eigenvalue weighted by Crippen LogP contribution is -2.35. The molecule has 3 heteroatoms. The number of nitrogens with zero attached hydrogens (tertiary/aromatic N) is 1. The first kappa shape index (κ1) is 11.0. The first-order valence-corrected chi connectivity index (χ1v) is 5.21. The maximum atomic E-state index is 10.1. The van der Waals surface area contributed by atoms with E-state index in [4.69, 9.17) is 4.74 Å². The van der Waals surface area contributed by atoms with Gasteiger partial charge in [0, 0.05) is 13.2 Å². The molecule has 0 aliphatic carbocycles. The van der Waals surface area contributed by atoms with Crippen LogP contribution in [0.2, 0.25) is 0 Å².